The molecule has 0 N–H and O–H groups in total. The molecule has 7 heteroatoms. The predicted molar refractivity (Wildman–Crippen MR) is 67.1 cm³/mol. The highest BCUT2D eigenvalue weighted by Gasteiger charge is 2.48. The Labute approximate surface area is 113 Å². The fraction of sp³-hybridized carbons (Fsp3) is 0.231. The van der Waals surface area contributed by atoms with Gasteiger partial charge in [-0.15, -0.1) is 0 Å². The molecule has 0 saturated carbocycles. The summed E-state index contributed by atoms with van der Waals surface area (Å²) in [6, 6.07) is 7.91. The standard InChI is InChI=1S/C13H11F3N2O2/c1-8(20-2)10-11(13(14,15)16)17-18(12(10)19)9-6-4-3-5-7-9/h3-7H,1-2H3/b10-8+. The second-order valence-corrected chi connectivity index (χ2v) is 4.03. The minimum Gasteiger partial charge on any atom is -0.500 e. The van der Waals surface area contributed by atoms with Crippen LogP contribution in [-0.4, -0.2) is 24.9 Å². The molecule has 0 aliphatic carbocycles. The number of halogens is 3. The zero-order valence-corrected chi connectivity index (χ0v) is 10.7. The summed E-state index contributed by atoms with van der Waals surface area (Å²) < 4.78 is 43.7. The quantitative estimate of drug-likeness (QED) is 0.619. The van der Waals surface area contributed by atoms with Crippen LogP contribution >= 0.6 is 0 Å². The third kappa shape index (κ3) is 2.38. The Morgan fingerprint density at radius 3 is 2.35 bits per heavy atom. The van der Waals surface area contributed by atoms with Crippen molar-refractivity contribution in [2.24, 2.45) is 5.10 Å². The zero-order valence-electron chi connectivity index (χ0n) is 10.7. The van der Waals surface area contributed by atoms with Gasteiger partial charge in [0.2, 0.25) is 0 Å². The summed E-state index contributed by atoms with van der Waals surface area (Å²) in [5.41, 5.74) is -1.55. The molecule has 0 atom stereocenters. The van der Waals surface area contributed by atoms with E-state index < -0.39 is 23.4 Å². The van der Waals surface area contributed by atoms with Crippen molar-refractivity contribution in [1.29, 1.82) is 0 Å². The molecule has 0 aromatic heterocycles. The number of rotatable bonds is 2. The van der Waals surface area contributed by atoms with Gasteiger partial charge in [0.1, 0.15) is 11.3 Å². The molecular formula is C13H11F3N2O2. The van der Waals surface area contributed by atoms with Crippen LogP contribution in [0.1, 0.15) is 6.92 Å². The van der Waals surface area contributed by atoms with E-state index in [9.17, 15) is 18.0 Å². The lowest BCUT2D eigenvalue weighted by Crippen LogP contribution is -2.27. The van der Waals surface area contributed by atoms with Crippen molar-refractivity contribution in [2.45, 2.75) is 13.1 Å². The van der Waals surface area contributed by atoms with Crippen LogP contribution in [-0.2, 0) is 9.53 Å². The molecule has 0 spiro atoms. The lowest BCUT2D eigenvalue weighted by Gasteiger charge is -2.11. The fourth-order valence-corrected chi connectivity index (χ4v) is 1.76. The third-order valence-electron chi connectivity index (χ3n) is 2.77. The number of hydrazone groups is 1. The molecular weight excluding hydrogens is 273 g/mol. The van der Waals surface area contributed by atoms with Crippen molar-refractivity contribution < 1.29 is 22.7 Å². The molecule has 0 bridgehead atoms. The van der Waals surface area contributed by atoms with Gasteiger partial charge in [-0.25, -0.2) is 0 Å². The van der Waals surface area contributed by atoms with Crippen molar-refractivity contribution in [3.8, 4) is 0 Å². The van der Waals surface area contributed by atoms with Gasteiger partial charge in [0.25, 0.3) is 5.91 Å². The van der Waals surface area contributed by atoms with Crippen LogP contribution in [0.4, 0.5) is 18.9 Å². The Morgan fingerprint density at radius 2 is 1.85 bits per heavy atom. The normalized spacial score (nSPS) is 18.1. The maximum atomic E-state index is 13.0. The summed E-state index contributed by atoms with van der Waals surface area (Å²) in [7, 11) is 1.20. The van der Waals surface area contributed by atoms with Crippen molar-refractivity contribution in [3.05, 3.63) is 41.7 Å². The van der Waals surface area contributed by atoms with Gasteiger partial charge >= 0.3 is 6.18 Å². The van der Waals surface area contributed by atoms with Gasteiger partial charge in [-0.2, -0.15) is 23.3 Å². The Bertz CT molecular complexity index is 591. The van der Waals surface area contributed by atoms with Gasteiger partial charge in [0, 0.05) is 0 Å². The molecule has 2 rings (SSSR count). The van der Waals surface area contributed by atoms with Crippen LogP contribution in [0.3, 0.4) is 0 Å². The van der Waals surface area contributed by atoms with Crippen molar-refractivity contribution >= 4 is 17.3 Å². The van der Waals surface area contributed by atoms with Gasteiger partial charge in [-0.3, -0.25) is 4.79 Å². The first-order valence-electron chi connectivity index (χ1n) is 5.66. The average molecular weight is 284 g/mol. The number of amides is 1. The van der Waals surface area contributed by atoms with E-state index in [4.69, 9.17) is 4.74 Å². The number of hydrogen-bond acceptors (Lipinski definition) is 3. The van der Waals surface area contributed by atoms with E-state index in [0.29, 0.717) is 0 Å². The van der Waals surface area contributed by atoms with Crippen LogP contribution in [0.25, 0.3) is 0 Å². The van der Waals surface area contributed by atoms with Gasteiger partial charge in [0.05, 0.1) is 12.8 Å². The molecule has 1 aromatic carbocycles. The number of alkyl halides is 3. The summed E-state index contributed by atoms with van der Waals surface area (Å²) in [5, 5.41) is 4.12. The molecule has 1 heterocycles. The van der Waals surface area contributed by atoms with E-state index in [0.717, 1.165) is 5.01 Å². The van der Waals surface area contributed by atoms with E-state index in [1.165, 1.54) is 26.2 Å². The van der Waals surface area contributed by atoms with E-state index in [1.54, 1.807) is 18.2 Å². The first kappa shape index (κ1) is 14.1. The minimum absolute atomic E-state index is 0.121. The second kappa shape index (κ2) is 4.99. The first-order chi connectivity index (χ1) is 9.36. The van der Waals surface area contributed by atoms with E-state index in [-0.39, 0.29) is 11.4 Å². The predicted octanol–water partition coefficient (Wildman–Crippen LogP) is 2.87. The molecule has 106 valence electrons. The number of ether oxygens (including phenoxy) is 1. The second-order valence-electron chi connectivity index (χ2n) is 4.03. The Morgan fingerprint density at radius 1 is 1.25 bits per heavy atom. The van der Waals surface area contributed by atoms with E-state index >= 15 is 0 Å². The van der Waals surface area contributed by atoms with Crippen LogP contribution in [0.15, 0.2) is 46.8 Å². The third-order valence-corrected chi connectivity index (χ3v) is 2.77. The first-order valence-corrected chi connectivity index (χ1v) is 5.66. The highest BCUT2D eigenvalue weighted by molar-refractivity contribution is 6.32. The molecule has 1 aromatic rings. The minimum atomic E-state index is -4.73. The van der Waals surface area contributed by atoms with Crippen molar-refractivity contribution in [1.82, 2.24) is 0 Å². The Hall–Kier alpha value is -2.31. The summed E-state index contributed by atoms with van der Waals surface area (Å²) in [4.78, 5) is 12.1. The molecule has 0 unspecified atom stereocenters. The molecule has 0 fully saturated rings. The molecule has 0 saturated heterocycles. The molecule has 1 amide bonds. The van der Waals surface area contributed by atoms with Gasteiger partial charge in [-0.1, -0.05) is 18.2 Å². The average Bonchev–Trinajstić information content (AvgIpc) is 2.76. The smallest absolute Gasteiger partial charge is 0.436 e. The maximum Gasteiger partial charge on any atom is 0.436 e. The summed E-state index contributed by atoms with van der Waals surface area (Å²) >= 11 is 0. The van der Waals surface area contributed by atoms with E-state index in [1.807, 2.05) is 0 Å². The number of carbonyl (C=O) groups excluding carboxylic acids is 1. The highest BCUT2D eigenvalue weighted by Crippen LogP contribution is 2.32. The summed E-state index contributed by atoms with van der Waals surface area (Å²) in [6.45, 7) is 1.29. The van der Waals surface area contributed by atoms with Crippen molar-refractivity contribution in [3.63, 3.8) is 0 Å². The lowest BCUT2D eigenvalue weighted by molar-refractivity contribution is -0.114. The monoisotopic (exact) mass is 284 g/mol. The van der Waals surface area contributed by atoms with Gasteiger partial charge < -0.3 is 4.74 Å². The molecule has 20 heavy (non-hydrogen) atoms. The SMILES string of the molecule is CO/C(C)=C1/C(=O)N(c2ccccc2)N=C1C(F)(F)F. The number of methoxy groups -OCH3 is 1. The molecule has 0 radical (unpaired) electrons. The van der Waals surface area contributed by atoms with Crippen LogP contribution in [0, 0.1) is 0 Å². The number of carbonyl (C=O) groups is 1. The fourth-order valence-electron chi connectivity index (χ4n) is 1.76. The van der Waals surface area contributed by atoms with Crippen LogP contribution in [0.5, 0.6) is 0 Å². The lowest BCUT2D eigenvalue weighted by atomic mass is 10.1. The van der Waals surface area contributed by atoms with E-state index in [2.05, 4.69) is 5.10 Å². The largest absolute Gasteiger partial charge is 0.500 e. The Balaban J connectivity index is 2.55. The molecule has 4 nitrogen and oxygen atoms in total. The van der Waals surface area contributed by atoms with Gasteiger partial charge in [0.15, 0.2) is 5.71 Å². The van der Waals surface area contributed by atoms with Crippen LogP contribution < -0.4 is 5.01 Å². The number of hydrogen-bond donors (Lipinski definition) is 0. The Kier molecular flexibility index (Phi) is 3.52. The number of anilines is 1. The highest BCUT2D eigenvalue weighted by atomic mass is 19.4. The molecule has 1 aliphatic rings. The maximum absolute atomic E-state index is 13.0. The topological polar surface area (TPSA) is 41.9 Å². The van der Waals surface area contributed by atoms with Crippen molar-refractivity contribution in [2.75, 3.05) is 12.1 Å². The number of allylic oxidation sites excluding steroid dienone is 1. The number of nitrogens with zero attached hydrogens (tertiary/aromatic N) is 2. The van der Waals surface area contributed by atoms with Gasteiger partial charge in [-0.05, 0) is 19.1 Å². The number of benzene rings is 1. The van der Waals surface area contributed by atoms with Crippen LogP contribution in [0.2, 0.25) is 0 Å². The molecule has 1 aliphatic heterocycles. The summed E-state index contributed by atoms with van der Waals surface area (Å²) in [6.07, 6.45) is -4.73. The number of para-hydroxylation sites is 1. The zero-order chi connectivity index (χ0) is 14.9. The summed E-state index contributed by atoms with van der Waals surface area (Å²) in [5.74, 6) is -0.979.